The number of nitrogens with one attached hydrogen (secondary N) is 1. The van der Waals surface area contributed by atoms with Crippen LogP contribution in [0, 0.1) is 17.6 Å². The van der Waals surface area contributed by atoms with Crippen molar-refractivity contribution in [3.63, 3.8) is 0 Å². The highest BCUT2D eigenvalue weighted by Crippen LogP contribution is 2.15. The molecule has 0 aliphatic rings. The van der Waals surface area contributed by atoms with Crippen LogP contribution >= 0.6 is 0 Å². The first kappa shape index (κ1) is 16.9. The molecule has 1 aromatic carbocycles. The van der Waals surface area contributed by atoms with Gasteiger partial charge < -0.3 is 10.1 Å². The Hall–Kier alpha value is -1.16. The Morgan fingerprint density at radius 3 is 2.50 bits per heavy atom. The minimum atomic E-state index is -0.862. The third-order valence-electron chi connectivity index (χ3n) is 2.96. The lowest BCUT2D eigenvalue weighted by Crippen LogP contribution is -2.20. The molecule has 0 aromatic heterocycles. The molecule has 20 heavy (non-hydrogen) atoms. The van der Waals surface area contributed by atoms with Crippen LogP contribution in [-0.2, 0) is 0 Å². The number of hydrogen-bond acceptors (Lipinski definition) is 2. The van der Waals surface area contributed by atoms with Gasteiger partial charge in [0, 0.05) is 6.07 Å². The second-order valence-corrected chi connectivity index (χ2v) is 5.44. The van der Waals surface area contributed by atoms with Gasteiger partial charge in [0.05, 0.1) is 6.61 Å². The van der Waals surface area contributed by atoms with Gasteiger partial charge >= 0.3 is 0 Å². The van der Waals surface area contributed by atoms with Gasteiger partial charge in [-0.3, -0.25) is 0 Å². The number of unbranched alkanes of at least 4 members (excludes halogenated alkanes) is 3. The number of benzene rings is 1. The molecule has 0 atom stereocenters. The predicted molar refractivity (Wildman–Crippen MR) is 78.0 cm³/mol. The molecule has 0 aliphatic carbocycles. The zero-order chi connectivity index (χ0) is 14.8. The molecular weight excluding hydrogens is 260 g/mol. The first-order chi connectivity index (χ1) is 9.59. The molecule has 0 saturated carbocycles. The lowest BCUT2D eigenvalue weighted by atomic mass is 10.2. The van der Waals surface area contributed by atoms with E-state index in [4.69, 9.17) is 4.74 Å². The second kappa shape index (κ2) is 9.70. The standard InChI is InChI=1S/C16H25F2NO/c1-13(2)12-19-9-5-3-4-6-10-20-14-7-8-15(17)16(18)11-14/h7-8,11,13,19H,3-6,9-10,12H2,1-2H3. The van der Waals surface area contributed by atoms with Gasteiger partial charge in [0.15, 0.2) is 11.6 Å². The molecule has 0 bridgehead atoms. The number of hydrogen-bond donors (Lipinski definition) is 1. The van der Waals surface area contributed by atoms with Crippen molar-refractivity contribution in [1.82, 2.24) is 5.32 Å². The molecule has 1 N–H and O–H groups in total. The third kappa shape index (κ3) is 7.43. The zero-order valence-electron chi connectivity index (χ0n) is 12.4. The molecule has 0 amide bonds. The summed E-state index contributed by atoms with van der Waals surface area (Å²) in [5, 5.41) is 3.40. The quantitative estimate of drug-likeness (QED) is 0.652. The molecule has 0 heterocycles. The normalized spacial score (nSPS) is 11.1. The van der Waals surface area contributed by atoms with Gasteiger partial charge in [-0.1, -0.05) is 26.7 Å². The average molecular weight is 285 g/mol. The highest BCUT2D eigenvalue weighted by atomic mass is 19.2. The highest BCUT2D eigenvalue weighted by molar-refractivity contribution is 5.23. The van der Waals surface area contributed by atoms with Crippen molar-refractivity contribution < 1.29 is 13.5 Å². The Kier molecular flexibility index (Phi) is 8.19. The van der Waals surface area contributed by atoms with E-state index in [1.807, 2.05) is 0 Å². The summed E-state index contributed by atoms with van der Waals surface area (Å²) in [7, 11) is 0. The summed E-state index contributed by atoms with van der Waals surface area (Å²) in [4.78, 5) is 0. The predicted octanol–water partition coefficient (Wildman–Crippen LogP) is 4.15. The van der Waals surface area contributed by atoms with E-state index in [0.717, 1.165) is 50.9 Å². The van der Waals surface area contributed by atoms with E-state index < -0.39 is 11.6 Å². The molecule has 1 aromatic rings. The summed E-state index contributed by atoms with van der Waals surface area (Å²) in [5.41, 5.74) is 0. The van der Waals surface area contributed by atoms with Gasteiger partial charge in [-0.05, 0) is 44.0 Å². The molecule has 0 saturated heterocycles. The van der Waals surface area contributed by atoms with Crippen LogP contribution in [0.1, 0.15) is 39.5 Å². The fraction of sp³-hybridized carbons (Fsp3) is 0.625. The van der Waals surface area contributed by atoms with Crippen LogP contribution in [0.2, 0.25) is 0 Å². The first-order valence-electron chi connectivity index (χ1n) is 7.38. The van der Waals surface area contributed by atoms with E-state index in [-0.39, 0.29) is 0 Å². The van der Waals surface area contributed by atoms with Crippen molar-refractivity contribution in [3.8, 4) is 5.75 Å². The third-order valence-corrected chi connectivity index (χ3v) is 2.96. The maximum atomic E-state index is 12.9. The van der Waals surface area contributed by atoms with Crippen LogP contribution in [0.15, 0.2) is 18.2 Å². The van der Waals surface area contributed by atoms with Gasteiger partial charge in [-0.15, -0.1) is 0 Å². The topological polar surface area (TPSA) is 21.3 Å². The number of halogens is 2. The molecule has 0 fully saturated rings. The summed E-state index contributed by atoms with van der Waals surface area (Å²) in [5.74, 6) is -0.619. The van der Waals surface area contributed by atoms with Crippen LogP contribution in [-0.4, -0.2) is 19.7 Å². The summed E-state index contributed by atoms with van der Waals surface area (Å²) in [6.45, 7) is 7.07. The Bertz CT molecular complexity index is 383. The van der Waals surface area contributed by atoms with Crippen LogP contribution in [0.25, 0.3) is 0 Å². The fourth-order valence-electron chi connectivity index (χ4n) is 1.85. The van der Waals surface area contributed by atoms with Crippen molar-refractivity contribution in [2.75, 3.05) is 19.7 Å². The Morgan fingerprint density at radius 1 is 1.05 bits per heavy atom. The van der Waals surface area contributed by atoms with E-state index in [0.29, 0.717) is 18.3 Å². The van der Waals surface area contributed by atoms with Crippen LogP contribution < -0.4 is 10.1 Å². The molecule has 0 aliphatic heterocycles. The van der Waals surface area contributed by atoms with Gasteiger partial charge in [0.2, 0.25) is 0 Å². The lowest BCUT2D eigenvalue weighted by Gasteiger charge is -2.08. The minimum Gasteiger partial charge on any atom is -0.493 e. The van der Waals surface area contributed by atoms with Crippen LogP contribution in [0.4, 0.5) is 8.78 Å². The van der Waals surface area contributed by atoms with Crippen LogP contribution in [0.3, 0.4) is 0 Å². The fourth-order valence-corrected chi connectivity index (χ4v) is 1.85. The molecule has 4 heteroatoms. The maximum Gasteiger partial charge on any atom is 0.162 e. The number of rotatable bonds is 10. The van der Waals surface area contributed by atoms with E-state index >= 15 is 0 Å². The molecular formula is C16H25F2NO. The zero-order valence-corrected chi connectivity index (χ0v) is 12.4. The average Bonchev–Trinajstić information content (AvgIpc) is 2.40. The largest absolute Gasteiger partial charge is 0.493 e. The van der Waals surface area contributed by atoms with E-state index in [1.165, 1.54) is 6.07 Å². The number of ether oxygens (including phenoxy) is 1. The molecule has 0 radical (unpaired) electrons. The van der Waals surface area contributed by atoms with Gasteiger partial charge in [0.25, 0.3) is 0 Å². The van der Waals surface area contributed by atoms with Gasteiger partial charge in [0.1, 0.15) is 5.75 Å². The molecule has 114 valence electrons. The van der Waals surface area contributed by atoms with Crippen molar-refractivity contribution in [2.45, 2.75) is 39.5 Å². The highest BCUT2D eigenvalue weighted by Gasteiger charge is 2.02. The minimum absolute atomic E-state index is 0.391. The smallest absolute Gasteiger partial charge is 0.162 e. The van der Waals surface area contributed by atoms with Gasteiger partial charge in [-0.2, -0.15) is 0 Å². The maximum absolute atomic E-state index is 12.9. The van der Waals surface area contributed by atoms with Crippen molar-refractivity contribution >= 4 is 0 Å². The molecule has 2 nitrogen and oxygen atoms in total. The van der Waals surface area contributed by atoms with E-state index in [1.54, 1.807) is 0 Å². The second-order valence-electron chi connectivity index (χ2n) is 5.44. The van der Waals surface area contributed by atoms with Crippen molar-refractivity contribution in [1.29, 1.82) is 0 Å². The first-order valence-corrected chi connectivity index (χ1v) is 7.38. The van der Waals surface area contributed by atoms with E-state index in [9.17, 15) is 8.78 Å². The summed E-state index contributed by atoms with van der Waals surface area (Å²) < 4.78 is 31.0. The summed E-state index contributed by atoms with van der Waals surface area (Å²) in [6, 6.07) is 3.63. The van der Waals surface area contributed by atoms with Crippen molar-refractivity contribution in [3.05, 3.63) is 29.8 Å². The Morgan fingerprint density at radius 2 is 1.80 bits per heavy atom. The Balaban J connectivity index is 1.98. The molecule has 0 spiro atoms. The SMILES string of the molecule is CC(C)CNCCCCCCOc1ccc(F)c(F)c1. The molecule has 0 unspecified atom stereocenters. The molecule has 1 rings (SSSR count). The van der Waals surface area contributed by atoms with Crippen molar-refractivity contribution in [2.24, 2.45) is 5.92 Å². The summed E-state index contributed by atoms with van der Waals surface area (Å²) >= 11 is 0. The summed E-state index contributed by atoms with van der Waals surface area (Å²) in [6.07, 6.45) is 4.35. The van der Waals surface area contributed by atoms with Crippen LogP contribution in [0.5, 0.6) is 5.75 Å². The van der Waals surface area contributed by atoms with E-state index in [2.05, 4.69) is 19.2 Å². The lowest BCUT2D eigenvalue weighted by molar-refractivity contribution is 0.302. The van der Waals surface area contributed by atoms with Gasteiger partial charge in [-0.25, -0.2) is 8.78 Å². The Labute approximate surface area is 120 Å². The monoisotopic (exact) mass is 285 g/mol.